The topological polar surface area (TPSA) is 95.2 Å². The third-order valence-corrected chi connectivity index (χ3v) is 2.98. The average Bonchev–Trinajstić information content (AvgIpc) is 2.69. The van der Waals surface area contributed by atoms with Crippen LogP contribution in [0.4, 0.5) is 11.6 Å². The number of rotatable bonds is 4. The first-order chi connectivity index (χ1) is 9.38. The first kappa shape index (κ1) is 14.0. The molecule has 0 amide bonds. The predicted molar refractivity (Wildman–Crippen MR) is 76.3 cm³/mol. The number of aryl methyl sites for hydroxylation is 1. The fourth-order valence-corrected chi connectivity index (χ4v) is 2.16. The Balaban J connectivity index is 2.54. The van der Waals surface area contributed by atoms with Gasteiger partial charge in [0.1, 0.15) is 5.69 Å². The standard InChI is InChI=1S/C14H17N3O3/c1-8(2)4-12-13(16-20-14(12)15)10-5-9(3)6-11(7-10)17(18)19/h5-8H,4,15H2,1-3H3. The van der Waals surface area contributed by atoms with E-state index in [0.717, 1.165) is 11.1 Å². The van der Waals surface area contributed by atoms with E-state index in [-0.39, 0.29) is 11.6 Å². The molecule has 0 atom stereocenters. The van der Waals surface area contributed by atoms with Crippen LogP contribution in [-0.4, -0.2) is 10.1 Å². The van der Waals surface area contributed by atoms with Gasteiger partial charge in [-0.25, -0.2) is 0 Å². The van der Waals surface area contributed by atoms with Crippen LogP contribution in [0.1, 0.15) is 25.0 Å². The van der Waals surface area contributed by atoms with E-state index >= 15 is 0 Å². The van der Waals surface area contributed by atoms with Gasteiger partial charge in [0.25, 0.3) is 5.69 Å². The molecule has 0 fully saturated rings. The first-order valence-electron chi connectivity index (χ1n) is 6.39. The lowest BCUT2D eigenvalue weighted by atomic mass is 9.98. The second kappa shape index (κ2) is 5.32. The summed E-state index contributed by atoms with van der Waals surface area (Å²) < 4.78 is 5.05. The number of nitrogens with zero attached hydrogens (tertiary/aromatic N) is 2. The Hall–Kier alpha value is -2.37. The maximum absolute atomic E-state index is 10.9. The van der Waals surface area contributed by atoms with Crippen LogP contribution in [0.3, 0.4) is 0 Å². The normalized spacial score (nSPS) is 11.0. The Morgan fingerprint density at radius 3 is 2.70 bits per heavy atom. The maximum atomic E-state index is 10.9. The summed E-state index contributed by atoms with van der Waals surface area (Å²) in [5, 5.41) is 14.9. The molecule has 2 rings (SSSR count). The highest BCUT2D eigenvalue weighted by Crippen LogP contribution is 2.32. The molecule has 0 radical (unpaired) electrons. The van der Waals surface area contributed by atoms with Gasteiger partial charge in [0.15, 0.2) is 0 Å². The molecule has 0 bridgehead atoms. The molecule has 6 heteroatoms. The Bertz CT molecular complexity index is 647. The number of hydrogen-bond donors (Lipinski definition) is 1. The zero-order chi connectivity index (χ0) is 14.9. The van der Waals surface area contributed by atoms with Crippen molar-refractivity contribution in [3.05, 3.63) is 39.4 Å². The number of non-ortho nitro benzene ring substituents is 1. The molecule has 1 heterocycles. The Kier molecular flexibility index (Phi) is 3.74. The second-order valence-electron chi connectivity index (χ2n) is 5.29. The third kappa shape index (κ3) is 2.79. The van der Waals surface area contributed by atoms with Gasteiger partial charge in [-0.1, -0.05) is 19.0 Å². The highest BCUT2D eigenvalue weighted by Gasteiger charge is 2.19. The minimum atomic E-state index is -0.415. The monoisotopic (exact) mass is 275 g/mol. The number of nitro groups is 1. The molecule has 0 aliphatic heterocycles. The van der Waals surface area contributed by atoms with Crippen LogP contribution in [0.2, 0.25) is 0 Å². The Labute approximate surface area is 116 Å². The smallest absolute Gasteiger partial charge is 0.270 e. The number of benzene rings is 1. The van der Waals surface area contributed by atoms with Crippen LogP contribution in [0.5, 0.6) is 0 Å². The predicted octanol–water partition coefficient (Wildman–Crippen LogP) is 3.34. The van der Waals surface area contributed by atoms with Crippen molar-refractivity contribution in [2.24, 2.45) is 5.92 Å². The molecular weight excluding hydrogens is 258 g/mol. The van der Waals surface area contributed by atoms with Gasteiger partial charge in [-0.15, -0.1) is 0 Å². The van der Waals surface area contributed by atoms with Gasteiger partial charge in [0.05, 0.1) is 4.92 Å². The lowest BCUT2D eigenvalue weighted by Crippen LogP contribution is -1.99. The minimum absolute atomic E-state index is 0.0390. The molecule has 1 aromatic heterocycles. The largest absolute Gasteiger partial charge is 0.367 e. The van der Waals surface area contributed by atoms with Gasteiger partial charge >= 0.3 is 0 Å². The molecule has 20 heavy (non-hydrogen) atoms. The van der Waals surface area contributed by atoms with Crippen LogP contribution in [0.15, 0.2) is 22.7 Å². The van der Waals surface area contributed by atoms with Crippen molar-refractivity contribution in [2.45, 2.75) is 27.2 Å². The van der Waals surface area contributed by atoms with Crippen molar-refractivity contribution in [3.8, 4) is 11.3 Å². The maximum Gasteiger partial charge on any atom is 0.270 e. The summed E-state index contributed by atoms with van der Waals surface area (Å²) in [6, 6.07) is 4.86. The lowest BCUT2D eigenvalue weighted by molar-refractivity contribution is -0.384. The highest BCUT2D eigenvalue weighted by molar-refractivity contribution is 5.70. The van der Waals surface area contributed by atoms with Gasteiger partial charge in [-0.05, 0) is 30.9 Å². The number of nitro benzene ring substituents is 1. The minimum Gasteiger partial charge on any atom is -0.367 e. The van der Waals surface area contributed by atoms with E-state index in [9.17, 15) is 10.1 Å². The molecular formula is C14H17N3O3. The summed E-state index contributed by atoms with van der Waals surface area (Å²) >= 11 is 0. The van der Waals surface area contributed by atoms with E-state index in [2.05, 4.69) is 19.0 Å². The molecule has 2 aromatic rings. The number of hydrogen-bond acceptors (Lipinski definition) is 5. The highest BCUT2D eigenvalue weighted by atomic mass is 16.6. The summed E-state index contributed by atoms with van der Waals surface area (Å²) in [6.07, 6.45) is 0.715. The zero-order valence-electron chi connectivity index (χ0n) is 11.7. The van der Waals surface area contributed by atoms with Gasteiger partial charge in [0.2, 0.25) is 5.88 Å². The molecule has 0 aliphatic rings. The zero-order valence-corrected chi connectivity index (χ0v) is 11.7. The van der Waals surface area contributed by atoms with Crippen LogP contribution < -0.4 is 5.73 Å². The van der Waals surface area contributed by atoms with Crippen LogP contribution in [-0.2, 0) is 6.42 Å². The van der Waals surface area contributed by atoms with Crippen molar-refractivity contribution in [2.75, 3.05) is 5.73 Å². The van der Waals surface area contributed by atoms with E-state index < -0.39 is 4.92 Å². The average molecular weight is 275 g/mol. The van der Waals surface area contributed by atoms with Gasteiger partial charge in [-0.2, -0.15) is 0 Å². The molecule has 1 aromatic carbocycles. The summed E-state index contributed by atoms with van der Waals surface area (Å²) in [5.74, 6) is 0.660. The van der Waals surface area contributed by atoms with E-state index in [1.165, 1.54) is 12.1 Å². The van der Waals surface area contributed by atoms with E-state index in [1.54, 1.807) is 0 Å². The van der Waals surface area contributed by atoms with E-state index in [4.69, 9.17) is 10.3 Å². The van der Waals surface area contributed by atoms with Crippen LogP contribution >= 0.6 is 0 Å². The van der Waals surface area contributed by atoms with Crippen molar-refractivity contribution in [3.63, 3.8) is 0 Å². The molecule has 0 saturated heterocycles. The fraction of sp³-hybridized carbons (Fsp3) is 0.357. The summed E-state index contributed by atoms with van der Waals surface area (Å²) in [4.78, 5) is 10.5. The SMILES string of the molecule is Cc1cc(-c2noc(N)c2CC(C)C)cc([N+](=O)[O-])c1. The quantitative estimate of drug-likeness (QED) is 0.682. The summed E-state index contributed by atoms with van der Waals surface area (Å²) in [6.45, 7) is 5.94. The lowest BCUT2D eigenvalue weighted by Gasteiger charge is -2.06. The number of nitrogen functional groups attached to an aromatic ring is 1. The van der Waals surface area contributed by atoms with Crippen molar-refractivity contribution >= 4 is 11.6 Å². The Morgan fingerprint density at radius 2 is 2.10 bits per heavy atom. The number of nitrogens with two attached hydrogens (primary N) is 1. The second-order valence-corrected chi connectivity index (χ2v) is 5.29. The summed E-state index contributed by atoms with van der Waals surface area (Å²) in [7, 11) is 0. The van der Waals surface area contributed by atoms with Crippen LogP contribution in [0, 0.1) is 23.0 Å². The summed E-state index contributed by atoms with van der Waals surface area (Å²) in [5.41, 5.74) is 8.69. The third-order valence-electron chi connectivity index (χ3n) is 2.98. The van der Waals surface area contributed by atoms with Crippen molar-refractivity contribution < 1.29 is 9.45 Å². The molecule has 2 N–H and O–H groups in total. The van der Waals surface area contributed by atoms with Gasteiger partial charge in [0, 0.05) is 23.3 Å². The Morgan fingerprint density at radius 1 is 1.40 bits per heavy atom. The van der Waals surface area contributed by atoms with E-state index in [1.807, 2.05) is 13.0 Å². The number of anilines is 1. The molecule has 106 valence electrons. The fourth-order valence-electron chi connectivity index (χ4n) is 2.16. The van der Waals surface area contributed by atoms with Gasteiger partial charge < -0.3 is 10.3 Å². The van der Waals surface area contributed by atoms with Gasteiger partial charge in [-0.3, -0.25) is 10.1 Å². The number of aromatic nitrogens is 1. The molecule has 0 aliphatic carbocycles. The van der Waals surface area contributed by atoms with E-state index in [0.29, 0.717) is 23.6 Å². The van der Waals surface area contributed by atoms with Crippen molar-refractivity contribution in [1.82, 2.24) is 5.16 Å². The molecule has 6 nitrogen and oxygen atoms in total. The first-order valence-corrected chi connectivity index (χ1v) is 6.39. The van der Waals surface area contributed by atoms with Crippen molar-refractivity contribution in [1.29, 1.82) is 0 Å². The van der Waals surface area contributed by atoms with Crippen LogP contribution in [0.25, 0.3) is 11.3 Å². The molecule has 0 unspecified atom stereocenters. The molecule has 0 saturated carbocycles. The molecule has 0 spiro atoms.